The van der Waals surface area contributed by atoms with Crippen molar-refractivity contribution in [3.05, 3.63) is 89.6 Å². The number of esters is 1. The second kappa shape index (κ2) is 12.8. The molecule has 1 aromatic heterocycles. The van der Waals surface area contributed by atoms with E-state index in [1.165, 1.54) is 18.7 Å². The van der Waals surface area contributed by atoms with Crippen LogP contribution >= 0.6 is 0 Å². The molecule has 3 aromatic carbocycles. The number of aromatic nitrogens is 1. The summed E-state index contributed by atoms with van der Waals surface area (Å²) < 4.78 is 37.9. The van der Waals surface area contributed by atoms with E-state index in [0.717, 1.165) is 29.4 Å². The van der Waals surface area contributed by atoms with E-state index in [1.54, 1.807) is 18.2 Å². The lowest BCUT2D eigenvalue weighted by Crippen LogP contribution is -2.43. The number of hydrogen-bond donors (Lipinski definition) is 2. The standard InChI is InChI=1S/C33H37N3O6S/c1-7-21-9-8-10-23(17-21)24-13-16-27-26(19-24)28(36-43(6,39)40)20-29(34-27)31(37)35-30(32(38)41-5)18-22-11-14-25(15-12-22)42-33(2,3)4/h8-17,19-20,30H,7,18H2,1-6H3,(H,34,36)(H,35,37)/t30-/m0/s1. The van der Waals surface area contributed by atoms with Crippen molar-refractivity contribution in [3.8, 4) is 16.9 Å². The summed E-state index contributed by atoms with van der Waals surface area (Å²) in [5.41, 5.74) is 4.02. The van der Waals surface area contributed by atoms with Gasteiger partial charge in [-0.2, -0.15) is 0 Å². The van der Waals surface area contributed by atoms with Gasteiger partial charge in [0.2, 0.25) is 10.0 Å². The molecule has 4 aromatic rings. The zero-order valence-electron chi connectivity index (χ0n) is 25.2. The number of nitrogens with zero attached hydrogens (tertiary/aromatic N) is 1. The Hall–Kier alpha value is -4.44. The van der Waals surface area contributed by atoms with Crippen molar-refractivity contribution in [2.45, 2.75) is 52.2 Å². The second-order valence-electron chi connectivity index (χ2n) is 11.3. The van der Waals surface area contributed by atoms with E-state index >= 15 is 0 Å². The van der Waals surface area contributed by atoms with E-state index < -0.39 is 27.9 Å². The fraction of sp³-hybridized carbons (Fsp3) is 0.303. The summed E-state index contributed by atoms with van der Waals surface area (Å²) in [7, 11) is -2.44. The van der Waals surface area contributed by atoms with Gasteiger partial charge in [0.05, 0.1) is 24.6 Å². The lowest BCUT2D eigenvalue weighted by molar-refractivity contribution is -0.142. The van der Waals surface area contributed by atoms with Gasteiger partial charge in [-0.15, -0.1) is 0 Å². The van der Waals surface area contributed by atoms with Crippen LogP contribution in [-0.2, 0) is 32.4 Å². The van der Waals surface area contributed by atoms with E-state index in [-0.39, 0.29) is 23.4 Å². The van der Waals surface area contributed by atoms with E-state index in [1.807, 2.05) is 63.2 Å². The molecule has 0 radical (unpaired) electrons. The minimum Gasteiger partial charge on any atom is -0.488 e. The number of carbonyl (C=O) groups excluding carboxylic acids is 2. The van der Waals surface area contributed by atoms with Crippen LogP contribution in [0, 0.1) is 0 Å². The van der Waals surface area contributed by atoms with Gasteiger partial charge in [-0.1, -0.05) is 49.4 Å². The molecule has 0 aliphatic carbocycles. The highest BCUT2D eigenvalue weighted by atomic mass is 32.2. The molecular weight excluding hydrogens is 566 g/mol. The lowest BCUT2D eigenvalue weighted by Gasteiger charge is -2.21. The lowest BCUT2D eigenvalue weighted by atomic mass is 10.00. The van der Waals surface area contributed by atoms with Crippen molar-refractivity contribution in [2.75, 3.05) is 18.1 Å². The van der Waals surface area contributed by atoms with Gasteiger partial charge in [-0.25, -0.2) is 18.2 Å². The summed E-state index contributed by atoms with van der Waals surface area (Å²) in [6, 6.07) is 21.2. The highest BCUT2D eigenvalue weighted by molar-refractivity contribution is 7.92. The van der Waals surface area contributed by atoms with Crippen molar-refractivity contribution in [1.82, 2.24) is 10.3 Å². The number of anilines is 1. The third-order valence-corrected chi connectivity index (χ3v) is 7.17. The van der Waals surface area contributed by atoms with Crippen LogP contribution < -0.4 is 14.8 Å². The number of aryl methyl sites for hydroxylation is 1. The van der Waals surface area contributed by atoms with Crippen LogP contribution in [0.25, 0.3) is 22.0 Å². The molecule has 0 fully saturated rings. The SMILES string of the molecule is CCc1cccc(-c2ccc3nc(C(=O)N[C@@H](Cc4ccc(OC(C)(C)C)cc4)C(=O)OC)cc(NS(C)(=O)=O)c3c2)c1. The number of ether oxygens (including phenoxy) is 2. The van der Waals surface area contributed by atoms with Crippen LogP contribution in [-0.4, -0.2) is 50.3 Å². The number of methoxy groups -OCH3 is 1. The first-order valence-electron chi connectivity index (χ1n) is 13.9. The summed E-state index contributed by atoms with van der Waals surface area (Å²) in [6.07, 6.45) is 2.08. The maximum atomic E-state index is 13.4. The fourth-order valence-corrected chi connectivity index (χ4v) is 5.20. The Kier molecular flexibility index (Phi) is 9.40. The molecule has 43 heavy (non-hydrogen) atoms. The molecule has 0 bridgehead atoms. The molecule has 1 heterocycles. The molecule has 0 saturated carbocycles. The molecule has 0 aliphatic rings. The zero-order chi connectivity index (χ0) is 31.4. The smallest absolute Gasteiger partial charge is 0.328 e. The van der Waals surface area contributed by atoms with Gasteiger partial charge in [-0.05, 0) is 79.8 Å². The van der Waals surface area contributed by atoms with Gasteiger partial charge in [0.15, 0.2) is 0 Å². The van der Waals surface area contributed by atoms with E-state index in [2.05, 4.69) is 28.0 Å². The largest absolute Gasteiger partial charge is 0.488 e. The monoisotopic (exact) mass is 603 g/mol. The molecule has 0 unspecified atom stereocenters. The Balaban J connectivity index is 1.65. The number of nitrogens with one attached hydrogen (secondary N) is 2. The molecule has 0 spiro atoms. The van der Waals surface area contributed by atoms with Gasteiger partial charge in [0.1, 0.15) is 23.1 Å². The first kappa shape index (κ1) is 31.5. The Morgan fingerprint density at radius 3 is 2.26 bits per heavy atom. The van der Waals surface area contributed by atoms with Crippen molar-refractivity contribution >= 4 is 38.5 Å². The maximum absolute atomic E-state index is 13.4. The number of pyridine rings is 1. The van der Waals surface area contributed by atoms with Crippen LogP contribution in [0.4, 0.5) is 5.69 Å². The maximum Gasteiger partial charge on any atom is 0.328 e. The number of rotatable bonds is 10. The minimum absolute atomic E-state index is 0.0535. The topological polar surface area (TPSA) is 124 Å². The minimum atomic E-state index is -3.69. The fourth-order valence-electron chi connectivity index (χ4n) is 4.63. The summed E-state index contributed by atoms with van der Waals surface area (Å²) in [4.78, 5) is 30.6. The van der Waals surface area contributed by atoms with Crippen LogP contribution in [0.15, 0.2) is 72.8 Å². The molecule has 1 amide bonds. The van der Waals surface area contributed by atoms with E-state index in [0.29, 0.717) is 16.7 Å². The predicted octanol–water partition coefficient (Wildman–Crippen LogP) is 5.53. The number of carbonyl (C=O) groups is 2. The summed E-state index contributed by atoms with van der Waals surface area (Å²) in [5, 5.41) is 3.24. The van der Waals surface area contributed by atoms with Gasteiger partial charge in [0.25, 0.3) is 5.91 Å². The quantitative estimate of drug-likeness (QED) is 0.229. The van der Waals surface area contributed by atoms with Crippen molar-refractivity contribution in [3.63, 3.8) is 0 Å². The van der Waals surface area contributed by atoms with Crippen LogP contribution in [0.5, 0.6) is 5.75 Å². The molecule has 9 nitrogen and oxygen atoms in total. The third-order valence-electron chi connectivity index (χ3n) is 6.58. The predicted molar refractivity (Wildman–Crippen MR) is 169 cm³/mol. The van der Waals surface area contributed by atoms with Gasteiger partial charge in [0, 0.05) is 11.8 Å². The average Bonchev–Trinajstić information content (AvgIpc) is 2.95. The summed E-state index contributed by atoms with van der Waals surface area (Å²) in [6.45, 7) is 7.93. The van der Waals surface area contributed by atoms with Crippen molar-refractivity contribution in [1.29, 1.82) is 0 Å². The van der Waals surface area contributed by atoms with Crippen LogP contribution in [0.3, 0.4) is 0 Å². The first-order chi connectivity index (χ1) is 20.2. The van der Waals surface area contributed by atoms with Gasteiger partial charge < -0.3 is 14.8 Å². The van der Waals surface area contributed by atoms with E-state index in [9.17, 15) is 18.0 Å². The van der Waals surface area contributed by atoms with Crippen LogP contribution in [0.1, 0.15) is 49.3 Å². The number of fused-ring (bicyclic) bond motifs is 1. The van der Waals surface area contributed by atoms with Gasteiger partial charge in [-0.3, -0.25) is 9.52 Å². The average molecular weight is 604 g/mol. The highest BCUT2D eigenvalue weighted by Crippen LogP contribution is 2.30. The Bertz CT molecular complexity index is 1750. The Morgan fingerprint density at radius 2 is 1.63 bits per heavy atom. The Morgan fingerprint density at radius 1 is 0.930 bits per heavy atom. The number of amides is 1. The molecule has 10 heteroatoms. The molecule has 0 saturated heterocycles. The van der Waals surface area contributed by atoms with Gasteiger partial charge >= 0.3 is 5.97 Å². The number of benzene rings is 3. The molecule has 0 aliphatic heterocycles. The van der Waals surface area contributed by atoms with E-state index in [4.69, 9.17) is 9.47 Å². The first-order valence-corrected chi connectivity index (χ1v) is 15.8. The zero-order valence-corrected chi connectivity index (χ0v) is 26.0. The highest BCUT2D eigenvalue weighted by Gasteiger charge is 2.25. The van der Waals surface area contributed by atoms with Crippen molar-refractivity contribution < 1.29 is 27.5 Å². The molecule has 4 rings (SSSR count). The third kappa shape index (κ3) is 8.54. The van der Waals surface area contributed by atoms with Crippen molar-refractivity contribution in [2.24, 2.45) is 0 Å². The Labute approximate surface area is 252 Å². The summed E-state index contributed by atoms with van der Waals surface area (Å²) in [5.74, 6) is -0.596. The second-order valence-corrected chi connectivity index (χ2v) is 13.1. The molecular formula is C33H37N3O6S. The molecule has 226 valence electrons. The molecule has 2 N–H and O–H groups in total. The normalized spacial score (nSPS) is 12.4. The summed E-state index contributed by atoms with van der Waals surface area (Å²) >= 11 is 0. The number of hydrogen-bond acceptors (Lipinski definition) is 7. The number of sulfonamides is 1. The molecule has 1 atom stereocenters. The van der Waals surface area contributed by atoms with Crippen LogP contribution in [0.2, 0.25) is 0 Å².